The highest BCUT2D eigenvalue weighted by atomic mass is 16.5. The topological polar surface area (TPSA) is 61.0 Å². The average Bonchev–Trinajstić information content (AvgIpc) is 3.02. The van der Waals surface area contributed by atoms with Gasteiger partial charge < -0.3 is 9.26 Å². The lowest BCUT2D eigenvalue weighted by Gasteiger charge is -2.19. The Balaban J connectivity index is 1.64. The number of nitrogens with zero attached hydrogens (tertiary/aromatic N) is 3. The van der Waals surface area contributed by atoms with Crippen molar-refractivity contribution in [1.82, 2.24) is 15.1 Å². The molecule has 0 radical (unpaired) electrons. The van der Waals surface area contributed by atoms with E-state index in [4.69, 9.17) is 9.26 Å². The Morgan fingerprint density at radius 3 is 2.48 bits per heavy atom. The van der Waals surface area contributed by atoms with Crippen LogP contribution in [-0.4, -0.2) is 15.1 Å². The summed E-state index contributed by atoms with van der Waals surface area (Å²) in [5, 5.41) is 3.92. The summed E-state index contributed by atoms with van der Waals surface area (Å²) in [6, 6.07) is 13.6. The minimum Gasteiger partial charge on any atom is -0.484 e. The fourth-order valence-corrected chi connectivity index (χ4v) is 2.11. The summed E-state index contributed by atoms with van der Waals surface area (Å²) >= 11 is 0. The zero-order chi connectivity index (χ0) is 16.3. The third-order valence-corrected chi connectivity index (χ3v) is 3.44. The zero-order valence-electron chi connectivity index (χ0n) is 13.5. The summed E-state index contributed by atoms with van der Waals surface area (Å²) in [4.78, 5) is 8.47. The van der Waals surface area contributed by atoms with Crippen LogP contribution in [0.25, 0.3) is 11.5 Å². The Hall–Kier alpha value is -2.69. The molecular weight excluding hydrogens is 290 g/mol. The van der Waals surface area contributed by atoms with Gasteiger partial charge in [0, 0.05) is 6.20 Å². The van der Waals surface area contributed by atoms with Crippen LogP contribution in [-0.2, 0) is 12.0 Å². The van der Waals surface area contributed by atoms with Crippen molar-refractivity contribution in [2.45, 2.75) is 32.8 Å². The quantitative estimate of drug-likeness (QED) is 0.728. The number of ether oxygens (including phenoxy) is 1. The third-order valence-electron chi connectivity index (χ3n) is 3.44. The lowest BCUT2D eigenvalue weighted by Crippen LogP contribution is -2.10. The molecule has 3 aromatic rings. The molecule has 0 saturated heterocycles. The Bertz CT molecular complexity index is 759. The number of aromatic nitrogens is 3. The van der Waals surface area contributed by atoms with Gasteiger partial charge in [0.05, 0.1) is 0 Å². The van der Waals surface area contributed by atoms with Crippen molar-refractivity contribution in [3.8, 4) is 17.3 Å². The van der Waals surface area contributed by atoms with Gasteiger partial charge in [-0.1, -0.05) is 44.1 Å². The molecule has 3 rings (SSSR count). The van der Waals surface area contributed by atoms with Gasteiger partial charge in [0.2, 0.25) is 5.82 Å². The molecule has 0 unspecified atom stereocenters. The molecule has 0 spiro atoms. The van der Waals surface area contributed by atoms with Crippen LogP contribution in [0.4, 0.5) is 0 Å². The largest absolute Gasteiger partial charge is 0.484 e. The molecule has 0 aliphatic rings. The van der Waals surface area contributed by atoms with E-state index in [1.54, 1.807) is 6.20 Å². The van der Waals surface area contributed by atoms with Gasteiger partial charge >= 0.3 is 0 Å². The number of rotatable bonds is 4. The summed E-state index contributed by atoms with van der Waals surface area (Å²) in [5.41, 5.74) is 2.07. The smallest absolute Gasteiger partial charge is 0.264 e. The molecule has 23 heavy (non-hydrogen) atoms. The van der Waals surface area contributed by atoms with Crippen LogP contribution >= 0.6 is 0 Å². The van der Waals surface area contributed by atoms with Crippen molar-refractivity contribution < 1.29 is 9.26 Å². The first-order valence-corrected chi connectivity index (χ1v) is 7.50. The highest BCUT2D eigenvalue weighted by molar-refractivity contribution is 5.47. The molecule has 0 atom stereocenters. The molecule has 0 saturated carbocycles. The molecule has 1 aromatic carbocycles. The van der Waals surface area contributed by atoms with Gasteiger partial charge in [-0.05, 0) is 35.2 Å². The summed E-state index contributed by atoms with van der Waals surface area (Å²) < 4.78 is 10.9. The van der Waals surface area contributed by atoms with Gasteiger partial charge in [-0.2, -0.15) is 4.98 Å². The molecule has 5 nitrogen and oxygen atoms in total. The van der Waals surface area contributed by atoms with Crippen LogP contribution < -0.4 is 4.74 Å². The molecule has 0 fully saturated rings. The van der Waals surface area contributed by atoms with Gasteiger partial charge in [0.25, 0.3) is 5.89 Å². The maximum Gasteiger partial charge on any atom is 0.264 e. The molecule has 0 aliphatic heterocycles. The van der Waals surface area contributed by atoms with Crippen molar-refractivity contribution in [1.29, 1.82) is 0 Å². The predicted molar refractivity (Wildman–Crippen MR) is 87.0 cm³/mol. The molecule has 0 N–H and O–H groups in total. The van der Waals surface area contributed by atoms with Crippen molar-refractivity contribution in [2.75, 3.05) is 0 Å². The van der Waals surface area contributed by atoms with Crippen molar-refractivity contribution in [3.63, 3.8) is 0 Å². The zero-order valence-corrected chi connectivity index (χ0v) is 13.5. The fraction of sp³-hybridized carbons (Fsp3) is 0.278. The monoisotopic (exact) mass is 309 g/mol. The minimum atomic E-state index is 0.128. The second-order valence-corrected chi connectivity index (χ2v) is 6.29. The molecule has 2 heterocycles. The normalized spacial score (nSPS) is 11.4. The first kappa shape index (κ1) is 15.2. The first-order valence-electron chi connectivity index (χ1n) is 7.50. The second-order valence-electron chi connectivity index (χ2n) is 6.29. The van der Waals surface area contributed by atoms with E-state index >= 15 is 0 Å². The summed E-state index contributed by atoms with van der Waals surface area (Å²) in [5.74, 6) is 1.66. The van der Waals surface area contributed by atoms with Gasteiger partial charge in [0.15, 0.2) is 6.61 Å². The van der Waals surface area contributed by atoms with E-state index in [1.807, 2.05) is 30.3 Å². The lowest BCUT2D eigenvalue weighted by atomic mass is 9.87. The minimum absolute atomic E-state index is 0.128. The molecule has 118 valence electrons. The van der Waals surface area contributed by atoms with E-state index in [0.29, 0.717) is 17.4 Å². The van der Waals surface area contributed by atoms with E-state index in [-0.39, 0.29) is 12.0 Å². The van der Waals surface area contributed by atoms with E-state index in [9.17, 15) is 0 Å². The predicted octanol–water partition coefficient (Wildman–Crippen LogP) is 4.01. The molecule has 0 amide bonds. The van der Waals surface area contributed by atoms with Crippen LogP contribution in [0, 0.1) is 0 Å². The van der Waals surface area contributed by atoms with E-state index in [1.165, 1.54) is 5.56 Å². The highest BCUT2D eigenvalue weighted by Gasteiger charge is 2.13. The lowest BCUT2D eigenvalue weighted by molar-refractivity contribution is 0.243. The van der Waals surface area contributed by atoms with Gasteiger partial charge in [-0.15, -0.1) is 0 Å². The molecule has 0 bridgehead atoms. The molecular formula is C18H19N3O2. The van der Waals surface area contributed by atoms with Gasteiger partial charge in [-0.25, -0.2) is 0 Å². The van der Waals surface area contributed by atoms with Crippen LogP contribution in [0.1, 0.15) is 32.2 Å². The molecule has 0 aliphatic carbocycles. The first-order chi connectivity index (χ1) is 11.0. The molecule has 2 aromatic heterocycles. The van der Waals surface area contributed by atoms with Crippen LogP contribution in [0.2, 0.25) is 0 Å². The van der Waals surface area contributed by atoms with E-state index in [2.05, 4.69) is 48.0 Å². The molecule has 5 heteroatoms. The fourth-order valence-electron chi connectivity index (χ4n) is 2.11. The van der Waals surface area contributed by atoms with Crippen molar-refractivity contribution in [3.05, 3.63) is 60.1 Å². The summed E-state index contributed by atoms with van der Waals surface area (Å²) in [6.07, 6.45) is 1.69. The SMILES string of the molecule is CC(C)(C)c1ccc(OCc2nc(-c3ccccn3)no2)cc1. The standard InChI is InChI=1S/C18H19N3O2/c1-18(2,3)13-7-9-14(10-8-13)22-12-16-20-17(21-23-16)15-6-4-5-11-19-15/h4-11H,12H2,1-3H3. The third kappa shape index (κ3) is 3.74. The maximum absolute atomic E-state index is 5.69. The van der Waals surface area contributed by atoms with Crippen LogP contribution in [0.3, 0.4) is 0 Å². The Kier molecular flexibility index (Phi) is 4.10. The Morgan fingerprint density at radius 2 is 1.83 bits per heavy atom. The van der Waals surface area contributed by atoms with Gasteiger partial charge in [-0.3, -0.25) is 4.98 Å². The van der Waals surface area contributed by atoms with Crippen LogP contribution in [0.15, 0.2) is 53.2 Å². The van der Waals surface area contributed by atoms with E-state index in [0.717, 1.165) is 5.75 Å². The van der Waals surface area contributed by atoms with E-state index < -0.39 is 0 Å². The maximum atomic E-state index is 5.69. The Labute approximate surface area is 135 Å². The highest BCUT2D eigenvalue weighted by Crippen LogP contribution is 2.24. The number of pyridine rings is 1. The average molecular weight is 309 g/mol. The van der Waals surface area contributed by atoms with Crippen LogP contribution in [0.5, 0.6) is 5.75 Å². The number of hydrogen-bond donors (Lipinski definition) is 0. The second kappa shape index (κ2) is 6.20. The van der Waals surface area contributed by atoms with Crippen molar-refractivity contribution >= 4 is 0 Å². The van der Waals surface area contributed by atoms with Crippen molar-refractivity contribution in [2.24, 2.45) is 0 Å². The summed E-state index contributed by atoms with van der Waals surface area (Å²) in [7, 11) is 0. The number of benzene rings is 1. The number of hydrogen-bond acceptors (Lipinski definition) is 5. The Morgan fingerprint density at radius 1 is 1.04 bits per heavy atom. The summed E-state index contributed by atoms with van der Waals surface area (Å²) in [6.45, 7) is 6.77. The van der Waals surface area contributed by atoms with Gasteiger partial charge in [0.1, 0.15) is 11.4 Å².